The molecule has 0 radical (unpaired) electrons. The zero-order chi connectivity index (χ0) is 12.9. The lowest BCUT2D eigenvalue weighted by Crippen LogP contribution is -2.28. The molecule has 0 N–H and O–H groups in total. The number of hydrogen-bond donors (Lipinski definition) is 0. The smallest absolute Gasteiger partial charge is 0.108 e. The molecule has 0 aromatic carbocycles. The van der Waals surface area contributed by atoms with Crippen LogP contribution in [0.5, 0.6) is 0 Å². The van der Waals surface area contributed by atoms with Crippen LogP contribution in [0.4, 0.5) is 0 Å². The maximum absolute atomic E-state index is 4.40. The molecular weight excluding hydrogens is 344 g/mol. The van der Waals surface area contributed by atoms with Gasteiger partial charge in [-0.25, -0.2) is 4.98 Å². The molecule has 1 rings (SSSR count). The van der Waals surface area contributed by atoms with Gasteiger partial charge in [0.15, 0.2) is 0 Å². The topological polar surface area (TPSA) is 17.8 Å². The Morgan fingerprint density at radius 2 is 2.00 bits per heavy atom. The highest BCUT2D eigenvalue weighted by molar-refractivity contribution is 9.09. The molecule has 0 bridgehead atoms. The van der Waals surface area contributed by atoms with Gasteiger partial charge in [0.1, 0.15) is 5.82 Å². The molecule has 4 heteroatoms. The molecule has 98 valence electrons. The molecule has 0 saturated heterocycles. The van der Waals surface area contributed by atoms with Crippen molar-refractivity contribution < 1.29 is 0 Å². The third-order valence-electron chi connectivity index (χ3n) is 3.21. The van der Waals surface area contributed by atoms with Crippen molar-refractivity contribution >= 4 is 31.9 Å². The minimum absolute atomic E-state index is 0.347. The molecule has 0 aliphatic heterocycles. The summed E-state index contributed by atoms with van der Waals surface area (Å²) in [4.78, 5) is 4.40. The minimum Gasteiger partial charge on any atom is -0.338 e. The summed E-state index contributed by atoms with van der Waals surface area (Å²) in [5, 5.41) is 2.10. The summed E-state index contributed by atoms with van der Waals surface area (Å²) in [5.41, 5.74) is 0.347. The number of nitrogens with zero attached hydrogens (tertiary/aromatic N) is 2. The molecule has 17 heavy (non-hydrogen) atoms. The second kappa shape index (κ2) is 6.93. The van der Waals surface area contributed by atoms with Crippen molar-refractivity contribution in [3.63, 3.8) is 0 Å². The fraction of sp³-hybridized carbons (Fsp3) is 0.769. The summed E-state index contributed by atoms with van der Waals surface area (Å²) in [7, 11) is 2.06. The Hall–Kier alpha value is 0.170. The number of hydrogen-bond acceptors (Lipinski definition) is 1. The Morgan fingerprint density at radius 3 is 2.41 bits per heavy atom. The normalized spacial score (nSPS) is 12.4. The molecule has 0 atom stereocenters. The largest absolute Gasteiger partial charge is 0.338 e. The molecular formula is C13H22Br2N2. The molecule has 2 nitrogen and oxygen atoms in total. The van der Waals surface area contributed by atoms with Gasteiger partial charge in [-0.1, -0.05) is 45.7 Å². The molecule has 0 spiro atoms. The molecule has 0 aliphatic rings. The number of aryl methyl sites for hydroxylation is 2. The van der Waals surface area contributed by atoms with Crippen molar-refractivity contribution in [3.05, 3.63) is 18.2 Å². The summed E-state index contributed by atoms with van der Waals surface area (Å²) < 4.78 is 2.11. The fourth-order valence-corrected chi connectivity index (χ4v) is 4.21. The average Bonchev–Trinajstić information content (AvgIpc) is 2.70. The standard InChI is InChI=1S/C13H22Br2N2/c1-11(2)8-13(9-14,10-15)5-4-12-16-6-7-17(12)3/h6-7,11H,4-5,8-10H2,1-3H3. The van der Waals surface area contributed by atoms with Crippen molar-refractivity contribution in [3.8, 4) is 0 Å². The highest BCUT2D eigenvalue weighted by Crippen LogP contribution is 2.35. The van der Waals surface area contributed by atoms with Gasteiger partial charge in [0.25, 0.3) is 0 Å². The third-order valence-corrected chi connectivity index (χ3v) is 5.59. The van der Waals surface area contributed by atoms with Gasteiger partial charge in [-0.2, -0.15) is 0 Å². The zero-order valence-corrected chi connectivity index (χ0v) is 14.1. The molecule has 1 aromatic heterocycles. The summed E-state index contributed by atoms with van der Waals surface area (Å²) >= 11 is 7.37. The number of halogens is 2. The van der Waals surface area contributed by atoms with E-state index in [9.17, 15) is 0 Å². The highest BCUT2D eigenvalue weighted by Gasteiger charge is 2.28. The summed E-state index contributed by atoms with van der Waals surface area (Å²) in [6.45, 7) is 4.58. The van der Waals surface area contributed by atoms with Crippen molar-refractivity contribution in [1.29, 1.82) is 0 Å². The van der Waals surface area contributed by atoms with Crippen molar-refractivity contribution in [2.24, 2.45) is 18.4 Å². The predicted octanol–water partition coefficient (Wildman–Crippen LogP) is 4.18. The second-order valence-corrected chi connectivity index (χ2v) is 6.44. The lowest BCUT2D eigenvalue weighted by Gasteiger charge is -2.31. The van der Waals surface area contributed by atoms with E-state index in [-0.39, 0.29) is 0 Å². The van der Waals surface area contributed by atoms with E-state index in [4.69, 9.17) is 0 Å². The quantitative estimate of drug-likeness (QED) is 0.663. The number of alkyl halides is 2. The molecule has 1 heterocycles. The average molecular weight is 366 g/mol. The van der Waals surface area contributed by atoms with Crippen LogP contribution in [0.15, 0.2) is 12.4 Å². The zero-order valence-electron chi connectivity index (χ0n) is 10.9. The lowest BCUT2D eigenvalue weighted by molar-refractivity contribution is 0.282. The number of aromatic nitrogens is 2. The Balaban J connectivity index is 2.64. The molecule has 0 amide bonds. The van der Waals surface area contributed by atoms with Crippen molar-refractivity contribution in [2.75, 3.05) is 10.7 Å². The Kier molecular flexibility index (Phi) is 6.21. The maximum atomic E-state index is 4.40. The van der Waals surface area contributed by atoms with Crippen molar-refractivity contribution in [1.82, 2.24) is 9.55 Å². The number of rotatable bonds is 7. The fourth-order valence-electron chi connectivity index (χ4n) is 2.26. The Bertz CT molecular complexity index is 330. The van der Waals surface area contributed by atoms with Gasteiger partial charge in [0.2, 0.25) is 0 Å². The Morgan fingerprint density at radius 1 is 1.35 bits per heavy atom. The van der Waals surface area contributed by atoms with E-state index < -0.39 is 0 Å². The van der Waals surface area contributed by atoms with E-state index in [2.05, 4.69) is 62.3 Å². The van der Waals surface area contributed by atoms with E-state index in [0.29, 0.717) is 5.41 Å². The van der Waals surface area contributed by atoms with Crippen molar-refractivity contribution in [2.45, 2.75) is 33.1 Å². The Labute approximate surface area is 121 Å². The SMILES string of the molecule is CC(C)CC(CBr)(CBr)CCc1nccn1C. The second-order valence-electron chi connectivity index (χ2n) is 5.32. The van der Waals surface area contributed by atoms with Crippen LogP contribution < -0.4 is 0 Å². The summed E-state index contributed by atoms with van der Waals surface area (Å²) in [6, 6.07) is 0. The molecule has 0 unspecified atom stereocenters. The van der Waals surface area contributed by atoms with Crippen LogP contribution in [0.2, 0.25) is 0 Å². The van der Waals surface area contributed by atoms with Gasteiger partial charge >= 0.3 is 0 Å². The molecule has 0 aliphatic carbocycles. The van der Waals surface area contributed by atoms with Crippen LogP contribution in [-0.2, 0) is 13.5 Å². The molecule has 1 aromatic rings. The first-order valence-electron chi connectivity index (χ1n) is 6.11. The van der Waals surface area contributed by atoms with E-state index in [1.807, 2.05) is 12.4 Å². The van der Waals surface area contributed by atoms with Crippen LogP contribution in [0.25, 0.3) is 0 Å². The van der Waals surface area contributed by atoms with E-state index in [1.54, 1.807) is 0 Å². The van der Waals surface area contributed by atoms with Crippen LogP contribution in [0.1, 0.15) is 32.5 Å². The molecule has 0 saturated carbocycles. The van der Waals surface area contributed by atoms with Gasteiger partial charge < -0.3 is 4.57 Å². The highest BCUT2D eigenvalue weighted by atomic mass is 79.9. The van der Waals surface area contributed by atoms with Crippen LogP contribution in [0, 0.1) is 11.3 Å². The summed E-state index contributed by atoms with van der Waals surface area (Å²) in [5.74, 6) is 1.91. The summed E-state index contributed by atoms with van der Waals surface area (Å²) in [6.07, 6.45) is 7.36. The van der Waals surface area contributed by atoms with Crippen LogP contribution in [-0.4, -0.2) is 20.2 Å². The first kappa shape index (κ1) is 15.2. The van der Waals surface area contributed by atoms with E-state index >= 15 is 0 Å². The number of imidazole rings is 1. The minimum atomic E-state index is 0.347. The van der Waals surface area contributed by atoms with Gasteiger partial charge in [-0.15, -0.1) is 0 Å². The predicted molar refractivity (Wildman–Crippen MR) is 81.0 cm³/mol. The van der Waals surface area contributed by atoms with E-state index in [1.165, 1.54) is 18.7 Å². The third kappa shape index (κ3) is 4.40. The monoisotopic (exact) mass is 364 g/mol. The van der Waals surface area contributed by atoms with Crippen LogP contribution in [0.3, 0.4) is 0 Å². The van der Waals surface area contributed by atoms with Gasteiger partial charge in [0.05, 0.1) is 0 Å². The van der Waals surface area contributed by atoms with E-state index in [0.717, 1.165) is 23.0 Å². The lowest BCUT2D eigenvalue weighted by atomic mass is 9.80. The maximum Gasteiger partial charge on any atom is 0.108 e. The van der Waals surface area contributed by atoms with Gasteiger partial charge in [-0.05, 0) is 24.2 Å². The first-order valence-corrected chi connectivity index (χ1v) is 8.35. The molecule has 0 fully saturated rings. The van der Waals surface area contributed by atoms with Crippen LogP contribution >= 0.6 is 31.9 Å². The van der Waals surface area contributed by atoms with Gasteiger partial charge in [0, 0.05) is 36.5 Å². The van der Waals surface area contributed by atoms with Gasteiger partial charge in [-0.3, -0.25) is 0 Å². The first-order chi connectivity index (χ1) is 8.03.